The Balaban J connectivity index is 1.49. The van der Waals surface area contributed by atoms with E-state index in [0.29, 0.717) is 49.8 Å². The van der Waals surface area contributed by atoms with Crippen LogP contribution in [0.4, 0.5) is 10.5 Å². The quantitative estimate of drug-likeness (QED) is 0.221. The number of hydrogen-bond donors (Lipinski definition) is 2. The monoisotopic (exact) mass is 532 g/mol. The summed E-state index contributed by atoms with van der Waals surface area (Å²) >= 11 is 5.98. The highest BCUT2D eigenvalue weighted by Gasteiger charge is 2.22. The molecule has 7 nitrogen and oxygen atoms in total. The van der Waals surface area contributed by atoms with Crippen molar-refractivity contribution in [2.45, 2.75) is 19.4 Å². The SMILES string of the molecule is COCCCN(CC(=O)N(CCc1c[nH]c2ccccc12)Cc1ccccc1)C(=O)Nc1ccc(Cl)cc1. The minimum Gasteiger partial charge on any atom is -0.385 e. The number of aromatic amines is 1. The average Bonchev–Trinajstić information content (AvgIpc) is 3.35. The van der Waals surface area contributed by atoms with E-state index in [9.17, 15) is 9.59 Å². The van der Waals surface area contributed by atoms with E-state index in [1.54, 1.807) is 36.3 Å². The molecule has 0 saturated heterocycles. The number of benzene rings is 3. The number of carbonyl (C=O) groups excluding carboxylic acids is 2. The minimum absolute atomic E-state index is 0.0378. The summed E-state index contributed by atoms with van der Waals surface area (Å²) in [7, 11) is 1.62. The van der Waals surface area contributed by atoms with Crippen molar-refractivity contribution in [1.82, 2.24) is 14.8 Å². The predicted octanol–water partition coefficient (Wildman–Crippen LogP) is 5.96. The van der Waals surface area contributed by atoms with Crippen molar-refractivity contribution in [1.29, 1.82) is 0 Å². The number of rotatable bonds is 12. The number of urea groups is 1. The number of methoxy groups -OCH3 is 1. The Hall–Kier alpha value is -3.81. The standard InChI is InChI=1S/C30H33ClN4O3/c1-38-19-7-17-35(30(37)33-26-14-12-25(31)13-15-26)22-29(36)34(21-23-8-3-2-4-9-23)18-16-24-20-32-28-11-6-5-10-27(24)28/h2-6,8-15,20,32H,7,16-19,21-22H2,1H3,(H,33,37). The Morgan fingerprint density at radius 1 is 0.921 bits per heavy atom. The van der Waals surface area contributed by atoms with Crippen LogP contribution in [0, 0.1) is 0 Å². The maximum atomic E-state index is 13.7. The van der Waals surface area contributed by atoms with E-state index in [2.05, 4.69) is 16.4 Å². The zero-order valence-corrected chi connectivity index (χ0v) is 22.3. The Labute approximate surface area is 228 Å². The van der Waals surface area contributed by atoms with Crippen LogP contribution in [0.25, 0.3) is 10.9 Å². The van der Waals surface area contributed by atoms with E-state index < -0.39 is 0 Å². The fourth-order valence-corrected chi connectivity index (χ4v) is 4.47. The van der Waals surface area contributed by atoms with Gasteiger partial charge in [0.1, 0.15) is 6.54 Å². The average molecular weight is 533 g/mol. The minimum atomic E-state index is -0.340. The molecule has 1 aromatic heterocycles. The van der Waals surface area contributed by atoms with Crippen molar-refractivity contribution in [3.63, 3.8) is 0 Å². The Morgan fingerprint density at radius 2 is 1.66 bits per heavy atom. The van der Waals surface area contributed by atoms with Gasteiger partial charge in [-0.2, -0.15) is 0 Å². The number of nitrogens with one attached hydrogen (secondary N) is 2. The fourth-order valence-electron chi connectivity index (χ4n) is 4.34. The number of anilines is 1. The topological polar surface area (TPSA) is 77.7 Å². The molecular weight excluding hydrogens is 500 g/mol. The van der Waals surface area contributed by atoms with Gasteiger partial charge in [-0.1, -0.05) is 60.1 Å². The first-order valence-corrected chi connectivity index (χ1v) is 13.1. The maximum absolute atomic E-state index is 13.7. The summed E-state index contributed by atoms with van der Waals surface area (Å²) in [6.45, 7) is 1.84. The molecule has 0 aliphatic rings. The highest BCUT2D eigenvalue weighted by Crippen LogP contribution is 2.19. The molecule has 0 aliphatic carbocycles. The molecule has 3 aromatic carbocycles. The van der Waals surface area contributed by atoms with Crippen LogP contribution in [-0.4, -0.2) is 60.1 Å². The van der Waals surface area contributed by atoms with Gasteiger partial charge >= 0.3 is 6.03 Å². The van der Waals surface area contributed by atoms with Crippen molar-refractivity contribution in [3.05, 3.63) is 101 Å². The van der Waals surface area contributed by atoms with E-state index in [0.717, 1.165) is 22.0 Å². The number of aromatic nitrogens is 1. The lowest BCUT2D eigenvalue weighted by atomic mass is 10.1. The molecule has 4 rings (SSSR count). The summed E-state index contributed by atoms with van der Waals surface area (Å²) in [6.07, 6.45) is 3.32. The highest BCUT2D eigenvalue weighted by atomic mass is 35.5. The molecule has 3 amide bonds. The van der Waals surface area contributed by atoms with Crippen LogP contribution in [0.15, 0.2) is 85.1 Å². The molecule has 0 radical (unpaired) electrons. The van der Waals surface area contributed by atoms with Gasteiger partial charge in [0.2, 0.25) is 5.91 Å². The zero-order chi connectivity index (χ0) is 26.7. The second kappa shape index (κ2) is 13.7. The molecule has 1 heterocycles. The van der Waals surface area contributed by atoms with Crippen molar-refractivity contribution in [2.75, 3.05) is 38.7 Å². The van der Waals surface area contributed by atoms with Crippen molar-refractivity contribution >= 4 is 40.1 Å². The van der Waals surface area contributed by atoms with Crippen LogP contribution in [0.5, 0.6) is 0 Å². The normalized spacial score (nSPS) is 10.9. The van der Waals surface area contributed by atoms with Crippen LogP contribution >= 0.6 is 11.6 Å². The number of carbonyl (C=O) groups is 2. The largest absolute Gasteiger partial charge is 0.385 e. The first kappa shape index (κ1) is 27.2. The van der Waals surface area contributed by atoms with E-state index >= 15 is 0 Å². The molecular formula is C30H33ClN4O3. The molecule has 0 aliphatic heterocycles. The van der Waals surface area contributed by atoms with Gasteiger partial charge in [-0.25, -0.2) is 4.79 Å². The van der Waals surface area contributed by atoms with Gasteiger partial charge < -0.3 is 24.8 Å². The maximum Gasteiger partial charge on any atom is 0.322 e. The number of nitrogens with zero attached hydrogens (tertiary/aromatic N) is 2. The van der Waals surface area contributed by atoms with Gasteiger partial charge in [-0.15, -0.1) is 0 Å². The third-order valence-corrected chi connectivity index (χ3v) is 6.63. The molecule has 8 heteroatoms. The van der Waals surface area contributed by atoms with Crippen LogP contribution in [0.2, 0.25) is 5.02 Å². The predicted molar refractivity (Wildman–Crippen MR) is 152 cm³/mol. The van der Waals surface area contributed by atoms with Gasteiger partial charge in [0, 0.05) is 61.2 Å². The second-order valence-corrected chi connectivity index (χ2v) is 9.55. The third-order valence-electron chi connectivity index (χ3n) is 6.38. The molecule has 0 spiro atoms. The number of para-hydroxylation sites is 1. The van der Waals surface area contributed by atoms with Crippen LogP contribution in [0.1, 0.15) is 17.5 Å². The van der Waals surface area contributed by atoms with E-state index in [-0.39, 0.29) is 18.5 Å². The van der Waals surface area contributed by atoms with Gasteiger partial charge in [0.15, 0.2) is 0 Å². The molecule has 0 atom stereocenters. The van der Waals surface area contributed by atoms with Gasteiger partial charge in [-0.3, -0.25) is 4.79 Å². The first-order valence-electron chi connectivity index (χ1n) is 12.7. The Kier molecular flexibility index (Phi) is 9.78. The lowest BCUT2D eigenvalue weighted by molar-refractivity contribution is -0.132. The molecule has 0 saturated carbocycles. The number of hydrogen-bond acceptors (Lipinski definition) is 3. The van der Waals surface area contributed by atoms with Gasteiger partial charge in [0.05, 0.1) is 0 Å². The fraction of sp³-hybridized carbons (Fsp3) is 0.267. The Bertz CT molecular complexity index is 1320. The van der Waals surface area contributed by atoms with E-state index in [1.165, 1.54) is 0 Å². The Morgan fingerprint density at radius 3 is 2.42 bits per heavy atom. The summed E-state index contributed by atoms with van der Waals surface area (Å²) in [6, 6.07) is 24.6. The van der Waals surface area contributed by atoms with Crippen molar-refractivity contribution in [3.8, 4) is 0 Å². The van der Waals surface area contributed by atoms with Crippen LogP contribution in [0.3, 0.4) is 0 Å². The van der Waals surface area contributed by atoms with Crippen molar-refractivity contribution < 1.29 is 14.3 Å². The smallest absolute Gasteiger partial charge is 0.322 e. The number of fused-ring (bicyclic) bond motifs is 1. The molecule has 0 bridgehead atoms. The summed E-state index contributed by atoms with van der Waals surface area (Å²) in [5.41, 5.74) is 3.89. The molecule has 2 N–H and O–H groups in total. The van der Waals surface area contributed by atoms with E-state index in [4.69, 9.17) is 16.3 Å². The number of H-pyrrole nitrogens is 1. The third kappa shape index (κ3) is 7.60. The molecule has 4 aromatic rings. The lowest BCUT2D eigenvalue weighted by Crippen LogP contribution is -2.45. The summed E-state index contributed by atoms with van der Waals surface area (Å²) in [5.74, 6) is -0.114. The highest BCUT2D eigenvalue weighted by molar-refractivity contribution is 6.30. The molecule has 0 unspecified atom stereocenters. The molecule has 0 fully saturated rings. The van der Waals surface area contributed by atoms with Gasteiger partial charge in [0.25, 0.3) is 0 Å². The molecule has 198 valence electrons. The van der Waals surface area contributed by atoms with Crippen LogP contribution in [-0.2, 0) is 22.5 Å². The van der Waals surface area contributed by atoms with E-state index in [1.807, 2.05) is 59.6 Å². The first-order chi connectivity index (χ1) is 18.5. The summed E-state index contributed by atoms with van der Waals surface area (Å²) in [4.78, 5) is 33.5. The van der Waals surface area contributed by atoms with Crippen LogP contribution < -0.4 is 5.32 Å². The van der Waals surface area contributed by atoms with Gasteiger partial charge in [-0.05, 0) is 54.3 Å². The zero-order valence-electron chi connectivity index (χ0n) is 21.5. The number of halogens is 1. The number of ether oxygens (including phenoxy) is 1. The second-order valence-electron chi connectivity index (χ2n) is 9.12. The molecule has 38 heavy (non-hydrogen) atoms. The lowest BCUT2D eigenvalue weighted by Gasteiger charge is -2.28. The summed E-state index contributed by atoms with van der Waals surface area (Å²) < 4.78 is 5.18. The van der Waals surface area contributed by atoms with Crippen molar-refractivity contribution in [2.24, 2.45) is 0 Å². The summed E-state index contributed by atoms with van der Waals surface area (Å²) in [5, 5.41) is 4.62. The number of amides is 3.